The highest BCUT2D eigenvalue weighted by Gasteiger charge is 2.28. The van der Waals surface area contributed by atoms with Gasteiger partial charge in [-0.15, -0.1) is 0 Å². The summed E-state index contributed by atoms with van der Waals surface area (Å²) >= 11 is 0. The van der Waals surface area contributed by atoms with Crippen LogP contribution in [0.1, 0.15) is 38.3 Å². The second-order valence-corrected chi connectivity index (χ2v) is 6.09. The molecule has 4 nitrogen and oxygen atoms in total. The maximum Gasteiger partial charge on any atom is 0.0948 e. The molecule has 2 heterocycles. The number of nitrogens with zero attached hydrogens (tertiary/aromatic N) is 2. The molecule has 0 radical (unpaired) electrons. The second kappa shape index (κ2) is 5.02. The van der Waals surface area contributed by atoms with Gasteiger partial charge in [0.2, 0.25) is 0 Å². The average molecular weight is 249 g/mol. The Morgan fingerprint density at radius 1 is 1.44 bits per heavy atom. The molecule has 0 aromatic carbocycles. The summed E-state index contributed by atoms with van der Waals surface area (Å²) in [7, 11) is 0. The van der Waals surface area contributed by atoms with Crippen molar-refractivity contribution in [1.29, 1.82) is 0 Å². The van der Waals surface area contributed by atoms with Crippen molar-refractivity contribution < 1.29 is 4.74 Å². The summed E-state index contributed by atoms with van der Waals surface area (Å²) in [5.41, 5.74) is 1.68. The van der Waals surface area contributed by atoms with Gasteiger partial charge in [-0.3, -0.25) is 0 Å². The van der Waals surface area contributed by atoms with Crippen LogP contribution in [0.15, 0.2) is 12.5 Å². The van der Waals surface area contributed by atoms with E-state index in [9.17, 15) is 0 Å². The Hall–Kier alpha value is -0.870. The van der Waals surface area contributed by atoms with Crippen LogP contribution in [0.4, 0.5) is 0 Å². The van der Waals surface area contributed by atoms with Crippen molar-refractivity contribution in [2.24, 2.45) is 5.41 Å². The van der Waals surface area contributed by atoms with Crippen LogP contribution >= 0.6 is 0 Å². The van der Waals surface area contributed by atoms with Gasteiger partial charge >= 0.3 is 0 Å². The molecule has 0 unspecified atom stereocenters. The minimum Gasteiger partial charge on any atom is -0.381 e. The number of hydrogen-bond acceptors (Lipinski definition) is 3. The minimum atomic E-state index is 0.368. The van der Waals surface area contributed by atoms with E-state index in [0.29, 0.717) is 5.41 Å². The maximum atomic E-state index is 5.46. The first-order valence-electron chi connectivity index (χ1n) is 7.05. The fourth-order valence-electron chi connectivity index (χ4n) is 2.61. The molecule has 1 aromatic rings. The smallest absolute Gasteiger partial charge is 0.0948 e. The van der Waals surface area contributed by atoms with E-state index in [1.165, 1.54) is 18.5 Å². The van der Waals surface area contributed by atoms with Crippen LogP contribution in [0.5, 0.6) is 0 Å². The van der Waals surface area contributed by atoms with E-state index in [0.717, 1.165) is 45.2 Å². The summed E-state index contributed by atoms with van der Waals surface area (Å²) in [6, 6.07) is 0.756. The second-order valence-electron chi connectivity index (χ2n) is 6.09. The van der Waals surface area contributed by atoms with Crippen LogP contribution in [0.25, 0.3) is 0 Å². The zero-order valence-electron chi connectivity index (χ0n) is 11.2. The number of imidazole rings is 1. The van der Waals surface area contributed by atoms with E-state index in [4.69, 9.17) is 4.74 Å². The van der Waals surface area contributed by atoms with Crippen LogP contribution in [0, 0.1) is 5.41 Å². The van der Waals surface area contributed by atoms with Crippen molar-refractivity contribution in [3.8, 4) is 0 Å². The minimum absolute atomic E-state index is 0.368. The van der Waals surface area contributed by atoms with Crippen molar-refractivity contribution in [2.45, 2.75) is 51.7 Å². The van der Waals surface area contributed by atoms with Gasteiger partial charge in [-0.25, -0.2) is 4.98 Å². The summed E-state index contributed by atoms with van der Waals surface area (Å²) in [5.74, 6) is 0. The quantitative estimate of drug-likeness (QED) is 0.867. The lowest BCUT2D eigenvalue weighted by Gasteiger charge is -2.34. The molecule has 1 saturated carbocycles. The highest BCUT2D eigenvalue weighted by molar-refractivity contribution is 5.00. The zero-order valence-corrected chi connectivity index (χ0v) is 11.2. The van der Waals surface area contributed by atoms with E-state index in [1.807, 2.05) is 12.5 Å². The highest BCUT2D eigenvalue weighted by atomic mass is 16.5. The Bertz CT molecular complexity index is 391. The van der Waals surface area contributed by atoms with Gasteiger partial charge in [-0.2, -0.15) is 0 Å². The molecule has 0 bridgehead atoms. The first kappa shape index (κ1) is 12.2. The number of ether oxygens (including phenoxy) is 1. The van der Waals surface area contributed by atoms with Crippen LogP contribution < -0.4 is 5.32 Å². The zero-order chi connectivity index (χ0) is 12.4. The largest absolute Gasteiger partial charge is 0.381 e. The fourth-order valence-corrected chi connectivity index (χ4v) is 2.61. The Kier molecular flexibility index (Phi) is 3.39. The molecule has 0 amide bonds. The number of aromatic nitrogens is 2. The van der Waals surface area contributed by atoms with Crippen LogP contribution in [-0.4, -0.2) is 28.8 Å². The molecule has 1 N–H and O–H groups in total. The average Bonchev–Trinajstić information content (AvgIpc) is 3.09. The van der Waals surface area contributed by atoms with Gasteiger partial charge in [0.15, 0.2) is 0 Å². The van der Waals surface area contributed by atoms with Gasteiger partial charge < -0.3 is 14.6 Å². The predicted molar refractivity (Wildman–Crippen MR) is 70.2 cm³/mol. The molecule has 18 heavy (non-hydrogen) atoms. The molecule has 0 spiro atoms. The fraction of sp³-hybridized carbons (Fsp3) is 0.786. The summed E-state index contributed by atoms with van der Waals surface area (Å²) in [5, 5.41) is 3.56. The van der Waals surface area contributed by atoms with E-state index < -0.39 is 0 Å². The number of rotatable bonds is 5. The van der Waals surface area contributed by atoms with Crippen LogP contribution in [0.2, 0.25) is 0 Å². The molecule has 3 rings (SSSR count). The molecule has 100 valence electrons. The van der Waals surface area contributed by atoms with Gasteiger partial charge in [-0.1, -0.05) is 6.92 Å². The van der Waals surface area contributed by atoms with E-state index in [1.54, 1.807) is 0 Å². The van der Waals surface area contributed by atoms with Crippen molar-refractivity contribution >= 4 is 0 Å². The molecular weight excluding hydrogens is 226 g/mol. The third kappa shape index (κ3) is 2.93. The molecule has 2 aliphatic rings. The Balaban J connectivity index is 1.62. The van der Waals surface area contributed by atoms with Crippen LogP contribution in [0.3, 0.4) is 0 Å². The number of hydrogen-bond donors (Lipinski definition) is 1. The predicted octanol–water partition coefficient (Wildman–Crippen LogP) is 1.95. The van der Waals surface area contributed by atoms with E-state index >= 15 is 0 Å². The monoisotopic (exact) mass is 249 g/mol. The van der Waals surface area contributed by atoms with Crippen molar-refractivity contribution in [2.75, 3.05) is 13.2 Å². The Labute approximate surface area is 109 Å². The van der Waals surface area contributed by atoms with Crippen molar-refractivity contribution in [1.82, 2.24) is 14.9 Å². The van der Waals surface area contributed by atoms with Gasteiger partial charge in [0.05, 0.1) is 12.0 Å². The first-order valence-corrected chi connectivity index (χ1v) is 7.05. The number of nitrogens with one attached hydrogen (secondary N) is 1. The van der Waals surface area contributed by atoms with E-state index in [-0.39, 0.29) is 0 Å². The molecular formula is C14H23N3O. The summed E-state index contributed by atoms with van der Waals surface area (Å²) in [6.07, 6.45) is 8.95. The molecule has 1 saturated heterocycles. The molecule has 0 atom stereocenters. The van der Waals surface area contributed by atoms with Gasteiger partial charge in [-0.05, 0) is 31.1 Å². The maximum absolute atomic E-state index is 5.46. The SMILES string of the molecule is CC1(Cn2cncc2CNC2CC2)CCOCC1. The molecule has 1 aliphatic carbocycles. The normalized spacial score (nSPS) is 23.2. The first-order chi connectivity index (χ1) is 8.75. The summed E-state index contributed by atoms with van der Waals surface area (Å²) < 4.78 is 7.78. The lowest BCUT2D eigenvalue weighted by molar-refractivity contribution is 0.0151. The standard InChI is InChI=1S/C14H23N3O/c1-14(4-6-18-7-5-14)10-17-11-15-8-13(17)9-16-12-2-3-12/h8,11-12,16H,2-7,9-10H2,1H3. The lowest BCUT2D eigenvalue weighted by Crippen LogP contribution is -2.31. The third-order valence-electron chi connectivity index (χ3n) is 4.20. The van der Waals surface area contributed by atoms with Crippen LogP contribution in [-0.2, 0) is 17.8 Å². The van der Waals surface area contributed by atoms with E-state index in [2.05, 4.69) is 21.8 Å². The molecule has 4 heteroatoms. The topological polar surface area (TPSA) is 39.1 Å². The molecule has 1 aromatic heterocycles. The van der Waals surface area contributed by atoms with Gasteiger partial charge in [0.1, 0.15) is 0 Å². The Morgan fingerprint density at radius 3 is 2.94 bits per heavy atom. The summed E-state index contributed by atoms with van der Waals surface area (Å²) in [6.45, 7) is 6.20. The Morgan fingerprint density at radius 2 is 2.22 bits per heavy atom. The molecule has 1 aliphatic heterocycles. The van der Waals surface area contributed by atoms with Crippen molar-refractivity contribution in [3.05, 3.63) is 18.2 Å². The van der Waals surface area contributed by atoms with Gasteiger partial charge in [0.25, 0.3) is 0 Å². The molecule has 2 fully saturated rings. The highest BCUT2D eigenvalue weighted by Crippen LogP contribution is 2.32. The van der Waals surface area contributed by atoms with Gasteiger partial charge in [0, 0.05) is 38.5 Å². The third-order valence-corrected chi connectivity index (χ3v) is 4.20. The lowest BCUT2D eigenvalue weighted by atomic mass is 9.82. The summed E-state index contributed by atoms with van der Waals surface area (Å²) in [4.78, 5) is 4.31. The van der Waals surface area contributed by atoms with Crippen molar-refractivity contribution in [3.63, 3.8) is 0 Å².